The number of rotatable bonds is 5. The highest BCUT2D eigenvalue weighted by atomic mass is 19.4. The average molecular weight is 378 g/mol. The normalized spacial score (nSPS) is 12.6. The van der Waals surface area contributed by atoms with Gasteiger partial charge in [-0.3, -0.25) is 0 Å². The van der Waals surface area contributed by atoms with E-state index in [0.29, 0.717) is 5.56 Å². The lowest BCUT2D eigenvalue weighted by Crippen LogP contribution is -2.17. The Morgan fingerprint density at radius 2 is 1.89 bits per heavy atom. The van der Waals surface area contributed by atoms with Crippen LogP contribution in [-0.4, -0.2) is 15.5 Å². The van der Waals surface area contributed by atoms with Crippen LogP contribution in [-0.2, 0) is 17.5 Å². The average Bonchev–Trinajstić information content (AvgIpc) is 3.14. The molecule has 0 N–H and O–H groups in total. The Hall–Kier alpha value is -3.16. The molecule has 0 bridgehead atoms. The SMILES string of the molecule is O=C(OC(Cn1ccnc1)c1ccc(F)cc1)c1cccc(C(F)(F)F)c1. The van der Waals surface area contributed by atoms with Crippen LogP contribution in [0.2, 0.25) is 0 Å². The molecule has 1 atom stereocenters. The number of halogens is 4. The molecule has 0 fully saturated rings. The van der Waals surface area contributed by atoms with E-state index in [4.69, 9.17) is 4.74 Å². The maximum Gasteiger partial charge on any atom is 0.416 e. The minimum absolute atomic E-state index is 0.177. The zero-order valence-electron chi connectivity index (χ0n) is 13.9. The van der Waals surface area contributed by atoms with Crippen molar-refractivity contribution in [2.24, 2.45) is 0 Å². The molecule has 0 saturated carbocycles. The van der Waals surface area contributed by atoms with E-state index in [9.17, 15) is 22.4 Å². The number of imidazole rings is 1. The van der Waals surface area contributed by atoms with E-state index in [1.54, 1.807) is 10.8 Å². The summed E-state index contributed by atoms with van der Waals surface area (Å²) in [6.07, 6.45) is -0.704. The van der Waals surface area contributed by atoms with Crippen molar-refractivity contribution in [2.45, 2.75) is 18.8 Å². The van der Waals surface area contributed by atoms with Crippen LogP contribution in [0.25, 0.3) is 0 Å². The highest BCUT2D eigenvalue weighted by Crippen LogP contribution is 2.30. The Labute approximate surface area is 152 Å². The monoisotopic (exact) mass is 378 g/mol. The topological polar surface area (TPSA) is 44.1 Å². The van der Waals surface area contributed by atoms with Crippen LogP contribution >= 0.6 is 0 Å². The van der Waals surface area contributed by atoms with Crippen LogP contribution in [0.3, 0.4) is 0 Å². The van der Waals surface area contributed by atoms with E-state index in [1.807, 2.05) is 0 Å². The van der Waals surface area contributed by atoms with Crippen molar-refractivity contribution in [3.63, 3.8) is 0 Å². The Kier molecular flexibility index (Phi) is 5.25. The molecular formula is C19H14F4N2O2. The van der Waals surface area contributed by atoms with Crippen LogP contribution < -0.4 is 0 Å². The number of esters is 1. The van der Waals surface area contributed by atoms with Gasteiger partial charge in [0, 0.05) is 12.4 Å². The molecule has 8 heteroatoms. The van der Waals surface area contributed by atoms with E-state index >= 15 is 0 Å². The Bertz CT molecular complexity index is 906. The predicted octanol–water partition coefficient (Wildman–Crippen LogP) is 4.64. The van der Waals surface area contributed by atoms with Gasteiger partial charge in [-0.1, -0.05) is 18.2 Å². The highest BCUT2D eigenvalue weighted by Gasteiger charge is 2.31. The number of benzene rings is 2. The van der Waals surface area contributed by atoms with Crippen molar-refractivity contribution < 1.29 is 27.1 Å². The van der Waals surface area contributed by atoms with E-state index in [2.05, 4.69) is 4.98 Å². The highest BCUT2D eigenvalue weighted by molar-refractivity contribution is 5.89. The molecule has 0 aliphatic rings. The van der Waals surface area contributed by atoms with Crippen molar-refractivity contribution in [1.29, 1.82) is 0 Å². The van der Waals surface area contributed by atoms with Crippen molar-refractivity contribution in [3.05, 3.63) is 89.8 Å². The predicted molar refractivity (Wildman–Crippen MR) is 88.2 cm³/mol. The van der Waals surface area contributed by atoms with Gasteiger partial charge in [-0.2, -0.15) is 13.2 Å². The Morgan fingerprint density at radius 3 is 2.52 bits per heavy atom. The number of ether oxygens (including phenoxy) is 1. The minimum atomic E-state index is -4.57. The number of carbonyl (C=O) groups excluding carboxylic acids is 1. The quantitative estimate of drug-likeness (QED) is 0.480. The molecular weight excluding hydrogens is 364 g/mol. The van der Waals surface area contributed by atoms with Crippen molar-refractivity contribution >= 4 is 5.97 Å². The molecule has 3 aromatic rings. The van der Waals surface area contributed by atoms with Gasteiger partial charge in [-0.05, 0) is 35.9 Å². The van der Waals surface area contributed by atoms with Gasteiger partial charge in [0.2, 0.25) is 0 Å². The fourth-order valence-electron chi connectivity index (χ4n) is 2.49. The third-order valence-corrected chi connectivity index (χ3v) is 3.85. The maximum atomic E-state index is 13.2. The summed E-state index contributed by atoms with van der Waals surface area (Å²) in [5.41, 5.74) is -0.655. The molecule has 4 nitrogen and oxygen atoms in total. The molecule has 27 heavy (non-hydrogen) atoms. The molecule has 0 radical (unpaired) electrons. The summed E-state index contributed by atoms with van der Waals surface area (Å²) in [6.45, 7) is 0.177. The zero-order chi connectivity index (χ0) is 19.4. The molecule has 1 unspecified atom stereocenters. The van der Waals surface area contributed by atoms with Gasteiger partial charge in [0.1, 0.15) is 11.9 Å². The number of alkyl halides is 3. The third-order valence-electron chi connectivity index (χ3n) is 3.85. The minimum Gasteiger partial charge on any atom is -0.452 e. The van der Waals surface area contributed by atoms with Crippen LogP contribution in [0.4, 0.5) is 17.6 Å². The molecule has 0 spiro atoms. The first-order valence-corrected chi connectivity index (χ1v) is 7.92. The lowest BCUT2D eigenvalue weighted by molar-refractivity contribution is -0.137. The van der Waals surface area contributed by atoms with E-state index in [1.165, 1.54) is 42.9 Å². The second-order valence-electron chi connectivity index (χ2n) is 5.78. The fourth-order valence-corrected chi connectivity index (χ4v) is 2.49. The molecule has 0 amide bonds. The second-order valence-corrected chi connectivity index (χ2v) is 5.78. The molecule has 1 aromatic heterocycles. The molecule has 140 valence electrons. The standard InChI is InChI=1S/C19H14F4N2O2/c20-16-6-4-13(5-7-16)17(11-25-9-8-24-12-25)27-18(26)14-2-1-3-15(10-14)19(21,22)23/h1-10,12,17H,11H2. The molecule has 0 aliphatic heterocycles. The Balaban J connectivity index is 1.85. The van der Waals surface area contributed by atoms with Crippen molar-refractivity contribution in [3.8, 4) is 0 Å². The third kappa shape index (κ3) is 4.72. The summed E-state index contributed by atoms with van der Waals surface area (Å²) in [5.74, 6) is -1.36. The summed E-state index contributed by atoms with van der Waals surface area (Å²) in [6, 6.07) is 9.34. The van der Waals surface area contributed by atoms with Crippen LogP contribution in [0.1, 0.15) is 27.6 Å². The van der Waals surface area contributed by atoms with Gasteiger partial charge < -0.3 is 9.30 Å². The summed E-state index contributed by atoms with van der Waals surface area (Å²) < 4.78 is 58.8. The van der Waals surface area contributed by atoms with E-state index < -0.39 is 29.6 Å². The molecule has 2 aromatic carbocycles. The largest absolute Gasteiger partial charge is 0.452 e. The lowest BCUT2D eigenvalue weighted by atomic mass is 10.1. The first-order valence-electron chi connectivity index (χ1n) is 7.92. The Morgan fingerprint density at radius 1 is 1.15 bits per heavy atom. The molecule has 0 aliphatic carbocycles. The van der Waals surface area contributed by atoms with Gasteiger partial charge >= 0.3 is 12.1 Å². The molecule has 1 heterocycles. The number of hydrogen-bond acceptors (Lipinski definition) is 3. The number of aromatic nitrogens is 2. The van der Waals surface area contributed by atoms with Gasteiger partial charge in [-0.15, -0.1) is 0 Å². The molecule has 0 saturated heterocycles. The number of hydrogen-bond donors (Lipinski definition) is 0. The van der Waals surface area contributed by atoms with Crippen LogP contribution in [0.15, 0.2) is 67.3 Å². The zero-order valence-corrected chi connectivity index (χ0v) is 13.9. The van der Waals surface area contributed by atoms with Crippen molar-refractivity contribution in [2.75, 3.05) is 0 Å². The first kappa shape index (κ1) is 18.6. The van der Waals surface area contributed by atoms with Crippen molar-refractivity contribution in [1.82, 2.24) is 9.55 Å². The number of carbonyl (C=O) groups is 1. The summed E-state index contributed by atoms with van der Waals surface area (Å²) in [7, 11) is 0. The van der Waals surface area contributed by atoms with Gasteiger partial charge in [0.05, 0.1) is 24.0 Å². The lowest BCUT2D eigenvalue weighted by Gasteiger charge is -2.19. The van der Waals surface area contributed by atoms with E-state index in [-0.39, 0.29) is 12.1 Å². The molecule has 3 rings (SSSR count). The second kappa shape index (κ2) is 7.61. The summed E-state index contributed by atoms with van der Waals surface area (Å²) in [5, 5.41) is 0. The summed E-state index contributed by atoms with van der Waals surface area (Å²) >= 11 is 0. The summed E-state index contributed by atoms with van der Waals surface area (Å²) in [4.78, 5) is 16.3. The van der Waals surface area contributed by atoms with Gasteiger partial charge in [0.25, 0.3) is 0 Å². The smallest absolute Gasteiger partial charge is 0.416 e. The van der Waals surface area contributed by atoms with Gasteiger partial charge in [0.15, 0.2) is 0 Å². The van der Waals surface area contributed by atoms with Crippen LogP contribution in [0.5, 0.6) is 0 Å². The van der Waals surface area contributed by atoms with E-state index in [0.717, 1.165) is 18.2 Å². The van der Waals surface area contributed by atoms with Crippen LogP contribution in [0, 0.1) is 5.82 Å². The van der Waals surface area contributed by atoms with Gasteiger partial charge in [-0.25, -0.2) is 14.2 Å². The maximum absolute atomic E-state index is 13.2. The fraction of sp³-hybridized carbons (Fsp3) is 0.158. The first-order chi connectivity index (χ1) is 12.8. The number of nitrogens with zero attached hydrogens (tertiary/aromatic N) is 2.